The number of aryl methyl sites for hydroxylation is 4. The molecular formula is C51H59N5O4S3. The molecule has 0 bridgehead atoms. The van der Waals surface area contributed by atoms with E-state index >= 15 is 0 Å². The highest BCUT2D eigenvalue weighted by Gasteiger charge is 2.19. The lowest BCUT2D eigenvalue weighted by Crippen LogP contribution is -2.22. The van der Waals surface area contributed by atoms with Gasteiger partial charge in [-0.3, -0.25) is 0 Å². The Kier molecular flexibility index (Phi) is 16.2. The van der Waals surface area contributed by atoms with Crippen LogP contribution < -0.4 is 9.47 Å². The van der Waals surface area contributed by atoms with Crippen LogP contribution >= 0.6 is 34.0 Å². The van der Waals surface area contributed by atoms with Crippen LogP contribution in [0.15, 0.2) is 102 Å². The molecule has 0 aliphatic heterocycles. The van der Waals surface area contributed by atoms with Gasteiger partial charge in [0.1, 0.15) is 24.7 Å². The van der Waals surface area contributed by atoms with Crippen LogP contribution in [0, 0.1) is 27.7 Å². The van der Waals surface area contributed by atoms with Crippen molar-refractivity contribution >= 4 is 45.0 Å². The van der Waals surface area contributed by atoms with Crippen LogP contribution in [0.3, 0.4) is 0 Å². The average molecular weight is 902 g/mol. The second-order valence-electron chi connectivity index (χ2n) is 17.4. The first-order valence-electron chi connectivity index (χ1n) is 21.4. The number of benzene rings is 3. The summed E-state index contributed by atoms with van der Waals surface area (Å²) in [7, 11) is 0. The van der Waals surface area contributed by atoms with E-state index in [0.717, 1.165) is 69.0 Å². The second-order valence-corrected chi connectivity index (χ2v) is 21.1. The van der Waals surface area contributed by atoms with E-state index in [1.54, 1.807) is 0 Å². The zero-order valence-corrected chi connectivity index (χ0v) is 40.6. The molecule has 9 nitrogen and oxygen atoms in total. The summed E-state index contributed by atoms with van der Waals surface area (Å²) in [4.78, 5) is 21.2. The van der Waals surface area contributed by atoms with Crippen molar-refractivity contribution in [3.05, 3.63) is 128 Å². The number of thiophene rings is 3. The molecule has 0 unspecified atom stereocenters. The van der Waals surface area contributed by atoms with Crippen molar-refractivity contribution in [1.29, 1.82) is 0 Å². The molecule has 0 atom stereocenters. The summed E-state index contributed by atoms with van der Waals surface area (Å²) in [5.74, 6) is 1.58. The number of rotatable bonds is 13. The summed E-state index contributed by atoms with van der Waals surface area (Å²) < 4.78 is 23.3. The summed E-state index contributed by atoms with van der Waals surface area (Å²) >= 11 is 5.62. The molecule has 4 aromatic heterocycles. The Hall–Kier alpha value is -5.07. The zero-order valence-electron chi connectivity index (χ0n) is 38.2. The van der Waals surface area contributed by atoms with Gasteiger partial charge in [0, 0.05) is 51.3 Å². The maximum absolute atomic E-state index is 7.74. The number of nitrogens with zero attached hydrogens (tertiary/aromatic N) is 5. The van der Waals surface area contributed by atoms with Crippen LogP contribution in [0.25, 0.3) is 63.5 Å². The van der Waals surface area contributed by atoms with Crippen LogP contribution in [0.5, 0.6) is 11.5 Å². The van der Waals surface area contributed by atoms with E-state index in [1.165, 1.54) is 29.3 Å². The van der Waals surface area contributed by atoms with E-state index in [4.69, 9.17) is 34.4 Å². The number of fused-ring (bicyclic) bond motifs is 1. The first-order valence-corrected chi connectivity index (χ1v) is 23.8. The van der Waals surface area contributed by atoms with Gasteiger partial charge in [0.05, 0.1) is 46.8 Å². The van der Waals surface area contributed by atoms with Gasteiger partial charge in [-0.25, -0.2) is 9.97 Å². The van der Waals surface area contributed by atoms with E-state index < -0.39 is 0 Å². The molecule has 1 aliphatic carbocycles. The number of ether oxygens (including phenoxy) is 4. The first kappa shape index (κ1) is 47.4. The van der Waals surface area contributed by atoms with Crippen LogP contribution in [-0.4, -0.2) is 53.6 Å². The van der Waals surface area contributed by atoms with Crippen molar-refractivity contribution in [2.24, 2.45) is 5.11 Å². The number of aromatic nitrogens is 2. The van der Waals surface area contributed by atoms with Crippen LogP contribution in [0.4, 0.5) is 0 Å². The normalized spacial score (nSPS) is 12.5. The molecule has 12 heteroatoms. The summed E-state index contributed by atoms with van der Waals surface area (Å²) in [6.45, 7) is 22.8. The van der Waals surface area contributed by atoms with Crippen LogP contribution in [0.1, 0.15) is 75.3 Å². The topological polar surface area (TPSA) is 111 Å². The molecule has 7 aromatic rings. The Balaban J connectivity index is 0.000000232. The van der Waals surface area contributed by atoms with E-state index in [1.807, 2.05) is 124 Å². The molecule has 3 aromatic carbocycles. The van der Waals surface area contributed by atoms with Gasteiger partial charge >= 0.3 is 0 Å². The first-order chi connectivity index (χ1) is 30.0. The van der Waals surface area contributed by atoms with E-state index in [0.29, 0.717) is 32.5 Å². The Morgan fingerprint density at radius 2 is 0.921 bits per heavy atom. The molecule has 0 amide bonds. The highest BCUT2D eigenvalue weighted by atomic mass is 32.1. The molecule has 8 rings (SSSR count). The second kappa shape index (κ2) is 21.5. The van der Waals surface area contributed by atoms with Crippen molar-refractivity contribution in [3.63, 3.8) is 0 Å². The van der Waals surface area contributed by atoms with E-state index in [2.05, 4.69) is 86.3 Å². The summed E-state index contributed by atoms with van der Waals surface area (Å²) in [6.07, 6.45) is 2.20. The van der Waals surface area contributed by atoms with Crippen molar-refractivity contribution in [2.75, 3.05) is 26.4 Å². The van der Waals surface area contributed by atoms with Crippen molar-refractivity contribution in [3.8, 4) is 53.5 Å². The SMILES string of the molecule is Cc1ccc(-c2ccc(-c3ccc(C)s3)s2)s1.Cc1ccc(C)c2nc(-c3ccc(OCCOC(C)(C)C)cc3)c(-c3ccc(OCCOC(C)(C)C)cc3)nc12.[N-]=[N+]=NC1CC1. The lowest BCUT2D eigenvalue weighted by atomic mass is 10.0. The monoisotopic (exact) mass is 901 g/mol. The fraction of sp³-hybridized carbons (Fsp3) is 0.373. The predicted molar refractivity (Wildman–Crippen MR) is 265 cm³/mol. The fourth-order valence-electron chi connectivity index (χ4n) is 6.23. The molecule has 0 spiro atoms. The quantitative estimate of drug-likeness (QED) is 0.0493. The number of azide groups is 1. The van der Waals surface area contributed by atoms with Gasteiger partial charge in [0.15, 0.2) is 0 Å². The summed E-state index contributed by atoms with van der Waals surface area (Å²) in [5, 5.41) is 3.42. The largest absolute Gasteiger partial charge is 0.491 e. The van der Waals surface area contributed by atoms with E-state index in [-0.39, 0.29) is 11.2 Å². The molecule has 0 radical (unpaired) electrons. The standard InChI is InChI=1S/C34H42N2O4.C14H12S3.C3H5N3/c1-23-9-10-24(2)30-29(23)35-31(25-11-15-27(16-12-25)37-19-21-39-33(3,4)5)32(36-30)26-13-17-28(18-14-26)38-20-22-40-34(6,7)8;1-9-3-5-11(15-9)13-7-8-14(17-13)12-6-4-10(2)16-12;4-6-5-3-1-2-3/h9-18H,19-22H2,1-8H3;3-8H,1-2H3;3H,1-2H2. The van der Waals surface area contributed by atoms with Gasteiger partial charge in [0.25, 0.3) is 0 Å². The average Bonchev–Trinajstić information content (AvgIpc) is 3.54. The molecule has 1 saturated carbocycles. The molecule has 1 aliphatic rings. The Morgan fingerprint density at radius 3 is 1.24 bits per heavy atom. The van der Waals surface area contributed by atoms with Crippen molar-refractivity contribution in [2.45, 2.75) is 99.3 Å². The Bertz CT molecular complexity index is 2440. The molecule has 4 heterocycles. The van der Waals surface area contributed by atoms with Crippen LogP contribution in [0.2, 0.25) is 0 Å². The highest BCUT2D eigenvalue weighted by Crippen LogP contribution is 2.40. The van der Waals surface area contributed by atoms with Gasteiger partial charge in [-0.15, -0.1) is 34.0 Å². The molecule has 0 N–H and O–H groups in total. The number of hydrogen-bond donors (Lipinski definition) is 0. The molecule has 1 fully saturated rings. The van der Waals surface area contributed by atoms with Crippen LogP contribution in [-0.2, 0) is 9.47 Å². The molecule has 0 saturated heterocycles. The maximum Gasteiger partial charge on any atom is 0.119 e. The maximum atomic E-state index is 7.74. The lowest BCUT2D eigenvalue weighted by Gasteiger charge is -2.19. The molecule has 330 valence electrons. The third-order valence-electron chi connectivity index (χ3n) is 9.59. The summed E-state index contributed by atoms with van der Waals surface area (Å²) in [5.41, 5.74) is 15.0. The summed E-state index contributed by atoms with van der Waals surface area (Å²) in [6, 6.07) is 33.9. The van der Waals surface area contributed by atoms with Gasteiger partial charge in [0.2, 0.25) is 0 Å². The van der Waals surface area contributed by atoms with Gasteiger partial charge in [-0.05, 0) is 184 Å². The minimum atomic E-state index is -0.181. The third-order valence-corrected chi connectivity index (χ3v) is 13.1. The third kappa shape index (κ3) is 14.5. The number of hydrogen-bond acceptors (Lipinski definition) is 10. The zero-order chi connectivity index (χ0) is 45.1. The molecule has 63 heavy (non-hydrogen) atoms. The Labute approximate surface area is 384 Å². The lowest BCUT2D eigenvalue weighted by molar-refractivity contribution is -0.0165. The molecular weight excluding hydrogens is 843 g/mol. The van der Waals surface area contributed by atoms with E-state index in [9.17, 15) is 0 Å². The van der Waals surface area contributed by atoms with Crippen molar-refractivity contribution in [1.82, 2.24) is 9.97 Å². The van der Waals surface area contributed by atoms with Gasteiger partial charge < -0.3 is 18.9 Å². The predicted octanol–water partition coefficient (Wildman–Crippen LogP) is 15.2. The Morgan fingerprint density at radius 1 is 0.540 bits per heavy atom. The van der Waals surface area contributed by atoms with Gasteiger partial charge in [-0.2, -0.15) is 0 Å². The smallest absolute Gasteiger partial charge is 0.119 e. The fourth-order valence-corrected chi connectivity index (χ4v) is 9.15. The van der Waals surface area contributed by atoms with Gasteiger partial charge in [-0.1, -0.05) is 17.2 Å². The minimum Gasteiger partial charge on any atom is -0.491 e. The van der Waals surface area contributed by atoms with Crippen molar-refractivity contribution < 1.29 is 18.9 Å². The highest BCUT2D eigenvalue weighted by molar-refractivity contribution is 7.26. The minimum absolute atomic E-state index is 0.181.